The Labute approximate surface area is 102 Å². The molecule has 0 amide bonds. The van der Waals surface area contributed by atoms with Crippen molar-refractivity contribution < 1.29 is 22.6 Å². The number of nitrogens with one attached hydrogen (secondary N) is 1. The van der Waals surface area contributed by atoms with Gasteiger partial charge in [0, 0.05) is 0 Å². The van der Waals surface area contributed by atoms with Crippen molar-refractivity contribution in [1.82, 2.24) is 5.43 Å². The molecule has 3 N–H and O–H groups in total. The summed E-state index contributed by atoms with van der Waals surface area (Å²) in [5.41, 5.74) is 2.58. The van der Waals surface area contributed by atoms with E-state index in [0.29, 0.717) is 30.3 Å². The molecule has 2 rings (SSSR count). The quantitative estimate of drug-likeness (QED) is 0.645. The molecular formula is C11H13F3N2O2. The fourth-order valence-corrected chi connectivity index (χ4v) is 1.78. The summed E-state index contributed by atoms with van der Waals surface area (Å²) in [6.45, 7) is 0.823. The molecule has 1 aliphatic heterocycles. The maximum atomic E-state index is 12.4. The average Bonchev–Trinajstić information content (AvgIpc) is 2.34. The number of hydrazine groups is 1. The summed E-state index contributed by atoms with van der Waals surface area (Å²) >= 11 is 0. The van der Waals surface area contributed by atoms with Gasteiger partial charge in [-0.3, -0.25) is 11.3 Å². The van der Waals surface area contributed by atoms with E-state index in [4.69, 9.17) is 15.3 Å². The van der Waals surface area contributed by atoms with E-state index in [9.17, 15) is 13.2 Å². The van der Waals surface area contributed by atoms with Crippen LogP contribution in [0.25, 0.3) is 0 Å². The van der Waals surface area contributed by atoms with Crippen LogP contribution in [0.5, 0.6) is 11.5 Å². The third kappa shape index (κ3) is 3.05. The summed E-state index contributed by atoms with van der Waals surface area (Å²) in [7, 11) is 0. The topological polar surface area (TPSA) is 56.5 Å². The molecule has 0 radical (unpaired) electrons. The van der Waals surface area contributed by atoms with Crippen molar-refractivity contribution in [2.24, 2.45) is 5.84 Å². The van der Waals surface area contributed by atoms with Crippen LogP contribution in [0.2, 0.25) is 0 Å². The van der Waals surface area contributed by atoms with Crippen molar-refractivity contribution in [2.45, 2.75) is 18.6 Å². The predicted molar refractivity (Wildman–Crippen MR) is 58.2 cm³/mol. The lowest BCUT2D eigenvalue weighted by molar-refractivity contribution is -0.140. The number of rotatable bonds is 3. The van der Waals surface area contributed by atoms with Crippen molar-refractivity contribution in [3.63, 3.8) is 0 Å². The number of nitrogens with two attached hydrogens (primary N) is 1. The van der Waals surface area contributed by atoms with Crippen molar-refractivity contribution in [3.05, 3.63) is 23.8 Å². The first-order valence-corrected chi connectivity index (χ1v) is 5.42. The zero-order valence-electron chi connectivity index (χ0n) is 9.46. The van der Waals surface area contributed by atoms with Gasteiger partial charge in [0.25, 0.3) is 0 Å². The van der Waals surface area contributed by atoms with Crippen molar-refractivity contribution >= 4 is 0 Å². The normalized spacial score (nSPS) is 16.4. The second-order valence-corrected chi connectivity index (χ2v) is 3.94. The first-order valence-electron chi connectivity index (χ1n) is 5.42. The van der Waals surface area contributed by atoms with E-state index < -0.39 is 18.6 Å². The Hall–Kier alpha value is -1.47. The van der Waals surface area contributed by atoms with Gasteiger partial charge in [-0.1, -0.05) is 6.07 Å². The number of benzene rings is 1. The largest absolute Gasteiger partial charge is 0.486 e. The molecule has 1 aromatic rings. The smallest absolute Gasteiger partial charge is 0.390 e. The Morgan fingerprint density at radius 3 is 2.50 bits per heavy atom. The second kappa shape index (κ2) is 5.03. The molecule has 0 bridgehead atoms. The predicted octanol–water partition coefficient (Wildman–Crippen LogP) is 1.91. The molecule has 1 atom stereocenters. The third-order valence-electron chi connectivity index (χ3n) is 2.61. The molecule has 7 heteroatoms. The third-order valence-corrected chi connectivity index (χ3v) is 2.61. The van der Waals surface area contributed by atoms with Gasteiger partial charge in [-0.15, -0.1) is 0 Å². The highest BCUT2D eigenvalue weighted by atomic mass is 19.4. The van der Waals surface area contributed by atoms with E-state index in [1.807, 2.05) is 0 Å². The van der Waals surface area contributed by atoms with Crippen LogP contribution < -0.4 is 20.7 Å². The van der Waals surface area contributed by atoms with Gasteiger partial charge in [0.1, 0.15) is 13.2 Å². The summed E-state index contributed by atoms with van der Waals surface area (Å²) in [5, 5.41) is 0. The molecule has 1 aromatic carbocycles. The van der Waals surface area contributed by atoms with Crippen molar-refractivity contribution in [2.75, 3.05) is 13.2 Å². The Morgan fingerprint density at radius 1 is 1.22 bits per heavy atom. The number of hydrogen-bond acceptors (Lipinski definition) is 4. The summed E-state index contributed by atoms with van der Waals surface area (Å²) in [5.74, 6) is 6.15. The first kappa shape index (κ1) is 13.0. The highest BCUT2D eigenvalue weighted by Crippen LogP contribution is 2.35. The summed E-state index contributed by atoms with van der Waals surface area (Å²) in [6, 6.07) is 3.65. The summed E-state index contributed by atoms with van der Waals surface area (Å²) in [6.07, 6.45) is -5.33. The Bertz CT molecular complexity index is 423. The monoisotopic (exact) mass is 262 g/mol. The molecule has 0 fully saturated rings. The van der Waals surface area contributed by atoms with Gasteiger partial charge in [-0.05, 0) is 17.7 Å². The average molecular weight is 262 g/mol. The van der Waals surface area contributed by atoms with Gasteiger partial charge in [-0.25, -0.2) is 0 Å². The lowest BCUT2D eigenvalue weighted by atomic mass is 10.0. The molecular weight excluding hydrogens is 249 g/mol. The van der Waals surface area contributed by atoms with E-state index in [1.165, 1.54) is 6.07 Å². The Morgan fingerprint density at radius 2 is 1.89 bits per heavy atom. The fourth-order valence-electron chi connectivity index (χ4n) is 1.78. The van der Waals surface area contributed by atoms with E-state index in [0.717, 1.165) is 0 Å². The number of hydrogen-bond donors (Lipinski definition) is 2. The molecule has 4 nitrogen and oxygen atoms in total. The molecule has 0 aromatic heterocycles. The number of fused-ring (bicyclic) bond motifs is 1. The molecule has 0 saturated heterocycles. The zero-order chi connectivity index (χ0) is 13.2. The zero-order valence-corrected chi connectivity index (χ0v) is 9.46. The molecule has 100 valence electrons. The van der Waals surface area contributed by atoms with Crippen molar-refractivity contribution in [1.29, 1.82) is 0 Å². The molecule has 0 saturated carbocycles. The van der Waals surface area contributed by atoms with Crippen molar-refractivity contribution in [3.8, 4) is 11.5 Å². The lowest BCUT2D eigenvalue weighted by Gasteiger charge is -2.22. The van der Waals surface area contributed by atoms with Gasteiger partial charge in [-0.2, -0.15) is 13.2 Å². The van der Waals surface area contributed by atoms with E-state index in [-0.39, 0.29) is 0 Å². The molecule has 1 unspecified atom stereocenters. The van der Waals surface area contributed by atoms with Crippen LogP contribution in [0.15, 0.2) is 18.2 Å². The maximum absolute atomic E-state index is 12.4. The molecule has 0 spiro atoms. The highest BCUT2D eigenvalue weighted by Gasteiger charge is 2.32. The highest BCUT2D eigenvalue weighted by molar-refractivity contribution is 5.44. The van der Waals surface area contributed by atoms with E-state index in [2.05, 4.69) is 5.43 Å². The summed E-state index contributed by atoms with van der Waals surface area (Å²) in [4.78, 5) is 0. The number of halogens is 3. The Balaban J connectivity index is 2.21. The van der Waals surface area contributed by atoms with Crippen LogP contribution in [0.3, 0.4) is 0 Å². The number of alkyl halides is 3. The van der Waals surface area contributed by atoms with Gasteiger partial charge in [0.15, 0.2) is 11.5 Å². The standard InChI is InChI=1S/C11H13F3N2O2/c12-11(13,14)6-8(16-15)7-1-2-9-10(5-7)18-4-3-17-9/h1-2,5,8,16H,3-4,6,15H2. The second-order valence-electron chi connectivity index (χ2n) is 3.94. The maximum Gasteiger partial charge on any atom is 0.390 e. The Kier molecular flexibility index (Phi) is 3.63. The van der Waals surface area contributed by atoms with Crippen LogP contribution in [0.1, 0.15) is 18.0 Å². The molecule has 18 heavy (non-hydrogen) atoms. The fraction of sp³-hybridized carbons (Fsp3) is 0.455. The molecule has 1 aliphatic rings. The van der Waals surface area contributed by atoms with Crippen LogP contribution in [-0.2, 0) is 0 Å². The van der Waals surface area contributed by atoms with Gasteiger partial charge in [0.05, 0.1) is 12.5 Å². The minimum absolute atomic E-state index is 0.385. The summed E-state index contributed by atoms with van der Waals surface area (Å²) < 4.78 is 47.7. The van der Waals surface area contributed by atoms with Crippen LogP contribution in [-0.4, -0.2) is 19.4 Å². The van der Waals surface area contributed by atoms with Gasteiger partial charge < -0.3 is 9.47 Å². The molecule has 0 aliphatic carbocycles. The minimum Gasteiger partial charge on any atom is -0.486 e. The van der Waals surface area contributed by atoms with Crippen LogP contribution in [0.4, 0.5) is 13.2 Å². The van der Waals surface area contributed by atoms with E-state index in [1.54, 1.807) is 12.1 Å². The SMILES string of the molecule is NNC(CC(F)(F)F)c1ccc2c(c1)OCCO2. The lowest BCUT2D eigenvalue weighted by Crippen LogP contribution is -2.32. The molecule has 1 heterocycles. The first-order chi connectivity index (χ1) is 8.49. The van der Waals surface area contributed by atoms with Gasteiger partial charge >= 0.3 is 6.18 Å². The number of ether oxygens (including phenoxy) is 2. The minimum atomic E-state index is -4.29. The van der Waals surface area contributed by atoms with Crippen LogP contribution >= 0.6 is 0 Å². The van der Waals surface area contributed by atoms with E-state index >= 15 is 0 Å². The van der Waals surface area contributed by atoms with Crippen LogP contribution in [0, 0.1) is 0 Å². The van der Waals surface area contributed by atoms with Gasteiger partial charge in [0.2, 0.25) is 0 Å².